The molecule has 6 rings (SSSR count). The lowest BCUT2D eigenvalue weighted by atomic mass is 9.91. The van der Waals surface area contributed by atoms with Gasteiger partial charge in [0.1, 0.15) is 17.7 Å². The molecule has 15 heteroatoms. The highest BCUT2D eigenvalue weighted by atomic mass is 32.2. The SMILES string of the molecule is CCc1cc(C)cc(CC)c1-c1c(OC(=O)C(C)(C)C)n2n(c1=O)CCOCC2.Cc1c(C(=O)c2c[nH]n(C)c2=O)ccc(S(C)(=O)=O)c1C1=NOCC1. The molecule has 4 heterocycles. The zero-order valence-electron chi connectivity index (χ0n) is 32.4. The van der Waals surface area contributed by atoms with Gasteiger partial charge in [-0.2, -0.15) is 0 Å². The fourth-order valence-corrected chi connectivity index (χ4v) is 7.61. The van der Waals surface area contributed by atoms with Crippen LogP contribution in [0.4, 0.5) is 0 Å². The summed E-state index contributed by atoms with van der Waals surface area (Å²) in [6.07, 6.45) is 4.48. The Balaban J connectivity index is 0.000000210. The minimum atomic E-state index is -3.52. The van der Waals surface area contributed by atoms with Crippen molar-refractivity contribution in [1.82, 2.24) is 19.1 Å². The molecule has 2 aliphatic heterocycles. The van der Waals surface area contributed by atoms with Gasteiger partial charge in [0.05, 0.1) is 42.3 Å². The second-order valence-corrected chi connectivity index (χ2v) is 16.5. The first kappa shape index (κ1) is 40.2. The number of rotatable bonds is 8. The molecule has 2 aliphatic rings. The average molecular weight is 764 g/mol. The van der Waals surface area contributed by atoms with Crippen LogP contribution >= 0.6 is 0 Å². The van der Waals surface area contributed by atoms with Crippen LogP contribution in [0.3, 0.4) is 0 Å². The summed E-state index contributed by atoms with van der Waals surface area (Å²) in [5.41, 5.74) is 5.11. The van der Waals surface area contributed by atoms with E-state index in [1.165, 1.54) is 35.6 Å². The highest BCUT2D eigenvalue weighted by Crippen LogP contribution is 2.36. The van der Waals surface area contributed by atoms with E-state index in [0.29, 0.717) is 67.6 Å². The van der Waals surface area contributed by atoms with E-state index in [1.807, 2.05) is 20.8 Å². The molecule has 1 N–H and O–H groups in total. The Hall–Kier alpha value is -5.02. The van der Waals surface area contributed by atoms with Gasteiger partial charge in [-0.15, -0.1) is 0 Å². The minimum absolute atomic E-state index is 0.00623. The largest absolute Gasteiger partial charge is 0.407 e. The van der Waals surface area contributed by atoms with Crippen molar-refractivity contribution in [2.45, 2.75) is 85.7 Å². The molecule has 0 bridgehead atoms. The molecule has 54 heavy (non-hydrogen) atoms. The summed E-state index contributed by atoms with van der Waals surface area (Å²) < 4.78 is 40.4. The number of benzene rings is 2. The number of aromatic amines is 1. The molecule has 2 aromatic heterocycles. The van der Waals surface area contributed by atoms with E-state index in [9.17, 15) is 27.6 Å². The van der Waals surface area contributed by atoms with Crippen molar-refractivity contribution < 1.29 is 32.3 Å². The van der Waals surface area contributed by atoms with Gasteiger partial charge in [-0.05, 0) is 81.8 Å². The number of aryl methyl sites for hydroxylation is 4. The fraction of sp³-hybridized carbons (Fsp3) is 0.462. The maximum atomic E-state index is 13.5. The molecular formula is C39H49N5O9S. The van der Waals surface area contributed by atoms with Crippen molar-refractivity contribution in [3.63, 3.8) is 0 Å². The molecule has 0 saturated carbocycles. The van der Waals surface area contributed by atoms with E-state index >= 15 is 0 Å². The number of fused-ring (bicyclic) bond motifs is 1. The van der Waals surface area contributed by atoms with E-state index in [1.54, 1.807) is 16.3 Å². The number of hydrogen-bond donors (Lipinski definition) is 1. The third-order valence-electron chi connectivity index (χ3n) is 9.49. The molecule has 0 amide bonds. The summed E-state index contributed by atoms with van der Waals surface area (Å²) >= 11 is 0. The fourth-order valence-electron chi connectivity index (χ4n) is 6.65. The Morgan fingerprint density at radius 1 is 0.907 bits per heavy atom. The second-order valence-electron chi connectivity index (χ2n) is 14.5. The van der Waals surface area contributed by atoms with Crippen molar-refractivity contribution in [1.29, 1.82) is 0 Å². The maximum Gasteiger partial charge on any atom is 0.317 e. The molecule has 0 unspecified atom stereocenters. The monoisotopic (exact) mass is 763 g/mol. The van der Waals surface area contributed by atoms with Gasteiger partial charge in [0, 0.05) is 37.0 Å². The van der Waals surface area contributed by atoms with Gasteiger partial charge in [-0.1, -0.05) is 36.7 Å². The quantitative estimate of drug-likeness (QED) is 0.200. The highest BCUT2D eigenvalue weighted by Gasteiger charge is 2.32. The topological polar surface area (TPSA) is 173 Å². The van der Waals surface area contributed by atoms with Crippen LogP contribution in [0.5, 0.6) is 5.88 Å². The zero-order valence-corrected chi connectivity index (χ0v) is 33.2. The molecule has 0 fully saturated rings. The number of esters is 1. The Kier molecular flexibility index (Phi) is 11.7. The van der Waals surface area contributed by atoms with Crippen LogP contribution < -0.4 is 15.9 Å². The van der Waals surface area contributed by atoms with Crippen molar-refractivity contribution in [3.05, 3.63) is 90.1 Å². The van der Waals surface area contributed by atoms with Crippen molar-refractivity contribution in [2.24, 2.45) is 17.6 Å². The number of hydrogen-bond acceptors (Lipinski definition) is 10. The van der Waals surface area contributed by atoms with Crippen molar-refractivity contribution in [3.8, 4) is 17.0 Å². The minimum Gasteiger partial charge on any atom is -0.407 e. The van der Waals surface area contributed by atoms with Crippen LogP contribution in [0.2, 0.25) is 0 Å². The van der Waals surface area contributed by atoms with Gasteiger partial charge in [0.2, 0.25) is 5.88 Å². The predicted octanol–water partition coefficient (Wildman–Crippen LogP) is 4.51. The molecule has 14 nitrogen and oxygen atoms in total. The first-order valence-corrected chi connectivity index (χ1v) is 19.9. The first-order chi connectivity index (χ1) is 25.4. The number of carbonyl (C=O) groups excluding carboxylic acids is 2. The van der Waals surface area contributed by atoms with E-state index in [-0.39, 0.29) is 27.6 Å². The molecule has 0 saturated heterocycles. The van der Waals surface area contributed by atoms with Crippen LogP contribution in [-0.2, 0) is 57.2 Å². The van der Waals surface area contributed by atoms with E-state index in [2.05, 4.69) is 43.2 Å². The third kappa shape index (κ3) is 7.92. The second kappa shape index (κ2) is 15.8. The van der Waals surface area contributed by atoms with Gasteiger partial charge < -0.3 is 19.4 Å². The van der Waals surface area contributed by atoms with Crippen LogP contribution in [-0.4, -0.2) is 71.1 Å². The molecular weight excluding hydrogens is 715 g/mol. The molecule has 0 radical (unpaired) electrons. The molecule has 0 atom stereocenters. The van der Waals surface area contributed by atoms with Gasteiger partial charge in [-0.25, -0.2) is 17.8 Å². The van der Waals surface area contributed by atoms with E-state index < -0.39 is 26.6 Å². The normalized spacial score (nSPS) is 14.4. The van der Waals surface area contributed by atoms with Gasteiger partial charge in [0.25, 0.3) is 11.1 Å². The number of nitrogens with zero attached hydrogens (tertiary/aromatic N) is 4. The number of ketones is 1. The Morgan fingerprint density at radius 3 is 2.06 bits per heavy atom. The number of oxime groups is 1. The zero-order chi connectivity index (χ0) is 39.7. The predicted molar refractivity (Wildman–Crippen MR) is 204 cm³/mol. The number of sulfone groups is 1. The summed E-state index contributed by atoms with van der Waals surface area (Å²) in [7, 11) is -2.02. The summed E-state index contributed by atoms with van der Waals surface area (Å²) in [6, 6.07) is 7.06. The summed E-state index contributed by atoms with van der Waals surface area (Å²) in [5.74, 6) is -0.484. The molecule has 0 aliphatic carbocycles. The highest BCUT2D eigenvalue weighted by molar-refractivity contribution is 7.90. The lowest BCUT2D eigenvalue weighted by molar-refractivity contribution is -0.143. The van der Waals surface area contributed by atoms with Crippen molar-refractivity contribution >= 4 is 27.3 Å². The van der Waals surface area contributed by atoms with Gasteiger partial charge in [-0.3, -0.25) is 23.9 Å². The number of nitrogens with one attached hydrogen (secondary N) is 1. The van der Waals surface area contributed by atoms with Crippen LogP contribution in [0.15, 0.2) is 50.1 Å². The van der Waals surface area contributed by atoms with E-state index in [0.717, 1.165) is 35.8 Å². The van der Waals surface area contributed by atoms with Crippen LogP contribution in [0, 0.1) is 19.3 Å². The van der Waals surface area contributed by atoms with E-state index in [4.69, 9.17) is 14.3 Å². The molecule has 0 spiro atoms. The Bertz CT molecular complexity index is 2340. The summed E-state index contributed by atoms with van der Waals surface area (Å²) in [6.45, 7) is 15.5. The Morgan fingerprint density at radius 2 is 1.54 bits per heavy atom. The smallest absolute Gasteiger partial charge is 0.317 e. The number of ether oxygens (including phenoxy) is 2. The van der Waals surface area contributed by atoms with Gasteiger partial charge >= 0.3 is 5.97 Å². The number of H-pyrrole nitrogens is 1. The number of aromatic nitrogens is 4. The summed E-state index contributed by atoms with van der Waals surface area (Å²) in [5, 5.41) is 6.56. The standard InChI is InChI=1S/C23H32N2O4.C16H17N3O5S/c1-7-16-13-15(3)14-17(8-2)18(16)19-20(26)24-9-11-28-12-10-25(24)21(19)29-22(27)23(4,5)6;1-9-10(15(20)11-8-17-19(2)16(11)21)4-5-13(25(3,22)23)14(9)12-6-7-24-18-12/h13-14H,7-12H2,1-6H3;4-5,8,17H,6-7H2,1-3H3. The van der Waals surface area contributed by atoms with Crippen LogP contribution in [0.25, 0.3) is 11.1 Å². The first-order valence-electron chi connectivity index (χ1n) is 18.0. The Labute approximate surface area is 314 Å². The molecule has 290 valence electrons. The summed E-state index contributed by atoms with van der Waals surface area (Å²) in [4.78, 5) is 56.2. The van der Waals surface area contributed by atoms with Crippen molar-refractivity contribution in [2.75, 3.05) is 26.1 Å². The average Bonchev–Trinajstić information content (AvgIpc) is 3.76. The number of carbonyl (C=O) groups is 2. The van der Waals surface area contributed by atoms with Gasteiger partial charge in [0.15, 0.2) is 15.6 Å². The molecule has 4 aromatic rings. The third-order valence-corrected chi connectivity index (χ3v) is 10.6. The molecule has 2 aromatic carbocycles. The lowest BCUT2D eigenvalue weighted by Gasteiger charge is -2.19. The maximum absolute atomic E-state index is 13.5. The van der Waals surface area contributed by atoms with Crippen LogP contribution in [0.1, 0.15) is 84.8 Å². The lowest BCUT2D eigenvalue weighted by Crippen LogP contribution is -2.27.